The summed E-state index contributed by atoms with van der Waals surface area (Å²) in [5.74, 6) is 0. The quantitative estimate of drug-likeness (QED) is 0.862. The topological polar surface area (TPSA) is 43.2 Å². The molecule has 2 aromatic heterocycles. The van der Waals surface area contributed by atoms with E-state index in [1.165, 1.54) is 17.7 Å². The van der Waals surface area contributed by atoms with Gasteiger partial charge in [-0.15, -0.1) is 16.4 Å². The van der Waals surface area contributed by atoms with E-state index in [1.54, 1.807) is 11.3 Å². The number of nitrogens with zero attached hydrogens (tertiary/aromatic N) is 4. The number of hydrogen-bond donors (Lipinski definition) is 0. The Balaban J connectivity index is 1.36. The molecule has 2 aliphatic rings. The molecule has 0 radical (unpaired) electrons. The molecule has 4 heterocycles. The number of fused-ring (bicyclic) bond motifs is 2. The Morgan fingerprint density at radius 3 is 2.85 bits per heavy atom. The molecule has 6 heteroatoms. The zero-order chi connectivity index (χ0) is 13.4. The van der Waals surface area contributed by atoms with Gasteiger partial charge in [0.05, 0.1) is 29.8 Å². The third-order valence-electron chi connectivity index (χ3n) is 4.08. The molecule has 0 saturated carbocycles. The fourth-order valence-corrected chi connectivity index (χ4v) is 3.75. The second-order valence-electron chi connectivity index (χ2n) is 5.56. The summed E-state index contributed by atoms with van der Waals surface area (Å²) in [6.45, 7) is 4.08. The maximum atomic E-state index is 5.86. The molecule has 2 unspecified atom stereocenters. The van der Waals surface area contributed by atoms with E-state index in [0.717, 1.165) is 31.9 Å². The molecule has 0 N–H and O–H groups in total. The second-order valence-corrected chi connectivity index (χ2v) is 6.51. The SMILES string of the molecule is c1csc(-c2cn(CCN3CC4CCC(C3)O4)nn2)c1. The van der Waals surface area contributed by atoms with Crippen molar-refractivity contribution in [2.24, 2.45) is 0 Å². The van der Waals surface area contributed by atoms with Crippen molar-refractivity contribution in [3.05, 3.63) is 23.7 Å². The lowest BCUT2D eigenvalue weighted by Crippen LogP contribution is -2.43. The highest BCUT2D eigenvalue weighted by atomic mass is 32.1. The Labute approximate surface area is 122 Å². The number of thiophene rings is 1. The van der Waals surface area contributed by atoms with Crippen LogP contribution in [0.15, 0.2) is 23.7 Å². The molecule has 2 saturated heterocycles. The minimum Gasteiger partial charge on any atom is -0.372 e. The fraction of sp³-hybridized carbons (Fsp3) is 0.571. The Hall–Kier alpha value is -1.24. The van der Waals surface area contributed by atoms with Crippen molar-refractivity contribution in [3.8, 4) is 10.6 Å². The summed E-state index contributed by atoms with van der Waals surface area (Å²) >= 11 is 1.70. The van der Waals surface area contributed by atoms with Crippen molar-refractivity contribution < 1.29 is 4.74 Å². The fourth-order valence-electron chi connectivity index (χ4n) is 3.07. The number of morpholine rings is 1. The molecule has 2 aliphatic heterocycles. The molecule has 20 heavy (non-hydrogen) atoms. The van der Waals surface area contributed by atoms with E-state index in [2.05, 4.69) is 26.7 Å². The molecule has 2 aromatic rings. The first kappa shape index (κ1) is 12.5. The lowest BCUT2D eigenvalue weighted by molar-refractivity contribution is -0.0392. The normalized spacial score (nSPS) is 26.2. The first-order valence-electron chi connectivity index (χ1n) is 7.18. The molecule has 5 nitrogen and oxygen atoms in total. The van der Waals surface area contributed by atoms with E-state index in [1.807, 2.05) is 16.9 Å². The van der Waals surface area contributed by atoms with Gasteiger partial charge in [-0.25, -0.2) is 0 Å². The van der Waals surface area contributed by atoms with Crippen molar-refractivity contribution in [3.63, 3.8) is 0 Å². The van der Waals surface area contributed by atoms with Crippen LogP contribution in [0.5, 0.6) is 0 Å². The van der Waals surface area contributed by atoms with Crippen molar-refractivity contribution in [1.29, 1.82) is 0 Å². The van der Waals surface area contributed by atoms with E-state index < -0.39 is 0 Å². The minimum absolute atomic E-state index is 0.464. The first-order valence-corrected chi connectivity index (χ1v) is 8.06. The molecule has 0 amide bonds. The predicted octanol–water partition coefficient (Wildman–Crippen LogP) is 1.87. The standard InChI is InChI=1S/C14H18N4OS/c1-2-14(20-7-1)13-10-18(16-15-13)6-5-17-8-11-3-4-12(9-17)19-11/h1-2,7,10-12H,3-6,8-9H2. The highest BCUT2D eigenvalue weighted by Gasteiger charge is 2.33. The van der Waals surface area contributed by atoms with Crippen LogP contribution in [0, 0.1) is 0 Å². The van der Waals surface area contributed by atoms with Crippen molar-refractivity contribution in [2.45, 2.75) is 31.6 Å². The molecule has 2 fully saturated rings. The molecular formula is C14H18N4OS. The zero-order valence-electron chi connectivity index (χ0n) is 11.3. The Morgan fingerprint density at radius 2 is 2.10 bits per heavy atom. The summed E-state index contributed by atoms with van der Waals surface area (Å²) < 4.78 is 7.81. The van der Waals surface area contributed by atoms with Crippen LogP contribution in [0.4, 0.5) is 0 Å². The second kappa shape index (κ2) is 5.27. The highest BCUT2D eigenvalue weighted by molar-refractivity contribution is 7.13. The average molecular weight is 290 g/mol. The van der Waals surface area contributed by atoms with E-state index in [4.69, 9.17) is 4.74 Å². The number of ether oxygens (including phenoxy) is 1. The molecule has 2 atom stereocenters. The first-order chi connectivity index (χ1) is 9.87. The van der Waals surface area contributed by atoms with Crippen molar-refractivity contribution >= 4 is 11.3 Å². The summed E-state index contributed by atoms with van der Waals surface area (Å²) in [7, 11) is 0. The summed E-state index contributed by atoms with van der Waals surface area (Å²) in [6, 6.07) is 4.13. The third kappa shape index (κ3) is 2.51. The summed E-state index contributed by atoms with van der Waals surface area (Å²) in [5.41, 5.74) is 0.974. The Morgan fingerprint density at radius 1 is 1.25 bits per heavy atom. The van der Waals surface area contributed by atoms with Gasteiger partial charge in [-0.2, -0.15) is 0 Å². The number of rotatable bonds is 4. The van der Waals surface area contributed by atoms with Crippen LogP contribution in [-0.2, 0) is 11.3 Å². The molecule has 106 valence electrons. The van der Waals surface area contributed by atoms with E-state index in [0.29, 0.717) is 12.2 Å². The van der Waals surface area contributed by atoms with Gasteiger partial charge < -0.3 is 4.74 Å². The monoisotopic (exact) mass is 290 g/mol. The largest absolute Gasteiger partial charge is 0.372 e. The van der Waals surface area contributed by atoms with Gasteiger partial charge in [-0.1, -0.05) is 11.3 Å². The Bertz CT molecular complexity index is 556. The lowest BCUT2D eigenvalue weighted by atomic mass is 10.2. The molecule has 0 spiro atoms. The van der Waals surface area contributed by atoms with E-state index >= 15 is 0 Å². The van der Waals surface area contributed by atoms with Crippen molar-refractivity contribution in [1.82, 2.24) is 19.9 Å². The van der Waals surface area contributed by atoms with Gasteiger partial charge in [-0.3, -0.25) is 9.58 Å². The van der Waals surface area contributed by atoms with Crippen LogP contribution >= 0.6 is 11.3 Å². The van der Waals surface area contributed by atoms with Crippen molar-refractivity contribution in [2.75, 3.05) is 19.6 Å². The zero-order valence-corrected chi connectivity index (χ0v) is 12.1. The maximum Gasteiger partial charge on any atom is 0.122 e. The predicted molar refractivity (Wildman–Crippen MR) is 77.7 cm³/mol. The van der Waals surface area contributed by atoms with Gasteiger partial charge in [0.2, 0.25) is 0 Å². The van der Waals surface area contributed by atoms with E-state index in [9.17, 15) is 0 Å². The summed E-state index contributed by atoms with van der Waals surface area (Å²) in [4.78, 5) is 3.68. The van der Waals surface area contributed by atoms with Gasteiger partial charge >= 0.3 is 0 Å². The van der Waals surface area contributed by atoms with Gasteiger partial charge in [-0.05, 0) is 24.3 Å². The lowest BCUT2D eigenvalue weighted by Gasteiger charge is -2.31. The van der Waals surface area contributed by atoms with Crippen LogP contribution in [0.3, 0.4) is 0 Å². The molecule has 4 rings (SSSR count). The number of likely N-dealkylation sites (tertiary alicyclic amines) is 1. The van der Waals surface area contributed by atoms with E-state index in [-0.39, 0.29) is 0 Å². The maximum absolute atomic E-state index is 5.86. The Kier molecular flexibility index (Phi) is 3.29. The third-order valence-corrected chi connectivity index (χ3v) is 4.97. The van der Waals surface area contributed by atoms with Gasteiger partial charge in [0.1, 0.15) is 5.69 Å². The van der Waals surface area contributed by atoms with Gasteiger partial charge in [0, 0.05) is 19.6 Å². The average Bonchev–Trinajstić information content (AvgIpc) is 3.17. The van der Waals surface area contributed by atoms with Crippen LogP contribution in [0.1, 0.15) is 12.8 Å². The van der Waals surface area contributed by atoms with Crippen LogP contribution < -0.4 is 0 Å². The molecule has 2 bridgehead atoms. The smallest absolute Gasteiger partial charge is 0.122 e. The minimum atomic E-state index is 0.464. The highest BCUT2D eigenvalue weighted by Crippen LogP contribution is 2.26. The van der Waals surface area contributed by atoms with Crippen LogP contribution in [-0.4, -0.2) is 51.7 Å². The summed E-state index contributed by atoms with van der Waals surface area (Å²) in [5, 5.41) is 10.5. The molecule has 0 aromatic carbocycles. The number of aromatic nitrogens is 3. The number of hydrogen-bond acceptors (Lipinski definition) is 5. The summed E-state index contributed by atoms with van der Waals surface area (Å²) in [6.07, 6.45) is 5.43. The molecular weight excluding hydrogens is 272 g/mol. The van der Waals surface area contributed by atoms with Gasteiger partial charge in [0.15, 0.2) is 0 Å². The van der Waals surface area contributed by atoms with Crippen LogP contribution in [0.25, 0.3) is 10.6 Å². The van der Waals surface area contributed by atoms with Gasteiger partial charge in [0.25, 0.3) is 0 Å². The van der Waals surface area contributed by atoms with Crippen LogP contribution in [0.2, 0.25) is 0 Å². The molecule has 0 aliphatic carbocycles.